The summed E-state index contributed by atoms with van der Waals surface area (Å²) in [5, 5.41) is 0. The lowest BCUT2D eigenvalue weighted by atomic mass is 9.96. The third-order valence-electron chi connectivity index (χ3n) is 14.8. The molecule has 0 unspecified atom stereocenters. The van der Waals surface area contributed by atoms with Crippen LogP contribution in [0.3, 0.4) is 0 Å². The van der Waals surface area contributed by atoms with Crippen LogP contribution in [0.25, 0.3) is 0 Å². The predicted molar refractivity (Wildman–Crippen MR) is 316 cm³/mol. The SMILES string of the molecule is CCCCCCCCO[C@H]1O[C@H](COCc2ccccc2)[C@@H](OCc2ccccc2)[C@@H]1O[C@H]1O[C@H](COCc2ccccc2)[C@@H](OCc2ccccc2)[C@H](OCc2ccccc2)[C@@H]1O[C@H]1O[C@H](COC(C)=O)[C@@H](OC(C)=O)[C@H](OC(C)=O)[C@@H]1OC(C)=O. The molecule has 87 heavy (non-hydrogen) atoms. The van der Waals surface area contributed by atoms with Gasteiger partial charge in [-0.2, -0.15) is 0 Å². The molecule has 0 N–H and O–H groups in total. The zero-order chi connectivity index (χ0) is 61.2. The summed E-state index contributed by atoms with van der Waals surface area (Å²) in [6.07, 6.45) is -11.6. The zero-order valence-electron chi connectivity index (χ0n) is 50.4. The van der Waals surface area contributed by atoms with Crippen molar-refractivity contribution < 1.29 is 90.2 Å². The van der Waals surface area contributed by atoms with Gasteiger partial charge in [0.1, 0.15) is 55.4 Å². The summed E-state index contributed by atoms with van der Waals surface area (Å²) in [5.74, 6) is -3.13. The first-order valence-electron chi connectivity index (χ1n) is 30.2. The molecule has 470 valence electrons. The quantitative estimate of drug-likeness (QED) is 0.0213. The van der Waals surface area contributed by atoms with E-state index in [2.05, 4.69) is 6.92 Å². The van der Waals surface area contributed by atoms with Crippen molar-refractivity contribution in [2.75, 3.05) is 26.4 Å². The van der Waals surface area contributed by atoms with Gasteiger partial charge in [-0.05, 0) is 34.2 Å². The van der Waals surface area contributed by atoms with Crippen molar-refractivity contribution in [3.63, 3.8) is 0 Å². The summed E-state index contributed by atoms with van der Waals surface area (Å²) in [6, 6.07) is 48.3. The summed E-state index contributed by atoms with van der Waals surface area (Å²) < 4.78 is 99.4. The van der Waals surface area contributed by atoms with Crippen molar-refractivity contribution in [3.8, 4) is 0 Å². The molecular formula is C68H84O19. The van der Waals surface area contributed by atoms with Crippen LogP contribution in [0.1, 0.15) is 101 Å². The predicted octanol–water partition coefficient (Wildman–Crippen LogP) is 9.86. The van der Waals surface area contributed by atoms with E-state index in [9.17, 15) is 19.2 Å². The summed E-state index contributed by atoms with van der Waals surface area (Å²) >= 11 is 0. The van der Waals surface area contributed by atoms with Gasteiger partial charge in [-0.15, -0.1) is 0 Å². The van der Waals surface area contributed by atoms with E-state index in [1.165, 1.54) is 6.92 Å². The number of esters is 4. The molecule has 0 bridgehead atoms. The minimum absolute atomic E-state index is 0.0135. The smallest absolute Gasteiger partial charge is 0.303 e. The fourth-order valence-corrected chi connectivity index (χ4v) is 10.7. The largest absolute Gasteiger partial charge is 0.463 e. The Morgan fingerprint density at radius 1 is 0.345 bits per heavy atom. The zero-order valence-corrected chi connectivity index (χ0v) is 50.4. The Balaban J connectivity index is 1.25. The minimum Gasteiger partial charge on any atom is -0.463 e. The van der Waals surface area contributed by atoms with Gasteiger partial charge in [-0.25, -0.2) is 0 Å². The highest BCUT2D eigenvalue weighted by Gasteiger charge is 2.58. The molecule has 0 amide bonds. The summed E-state index contributed by atoms with van der Waals surface area (Å²) in [5.41, 5.74) is 4.40. The average Bonchev–Trinajstić information content (AvgIpc) is 2.06. The average molecular weight is 1210 g/mol. The highest BCUT2D eigenvalue weighted by molar-refractivity contribution is 5.68. The van der Waals surface area contributed by atoms with E-state index in [0.29, 0.717) is 6.61 Å². The summed E-state index contributed by atoms with van der Waals surface area (Å²) in [4.78, 5) is 51.8. The Hall–Kier alpha value is -6.46. The molecule has 3 saturated heterocycles. The fourth-order valence-electron chi connectivity index (χ4n) is 10.7. The van der Waals surface area contributed by atoms with Crippen LogP contribution < -0.4 is 0 Å². The molecule has 0 aromatic heterocycles. The number of carbonyl (C=O) groups is 4. The molecule has 3 aliphatic heterocycles. The van der Waals surface area contributed by atoms with Gasteiger partial charge in [0.25, 0.3) is 0 Å². The maximum Gasteiger partial charge on any atom is 0.303 e. The van der Waals surface area contributed by atoms with E-state index < -0.39 is 116 Å². The van der Waals surface area contributed by atoms with Crippen LogP contribution >= 0.6 is 0 Å². The van der Waals surface area contributed by atoms with Gasteiger partial charge in [0.15, 0.2) is 37.2 Å². The number of carbonyl (C=O) groups excluding carboxylic acids is 4. The molecule has 5 aromatic carbocycles. The molecule has 19 nitrogen and oxygen atoms in total. The standard InChI is InChI=1S/C68H84O19/c1-6-7-8-9-10-26-37-75-66-63(59(78-41-53-33-22-14-23-34-53)56(83-66)44-74-39-51-29-18-12-19-30-51)86-67-64(87-68-65(82-49(5)72)62(81-48(4)71)60(80-47(3)70)57(85-68)45-76-46(2)69)61(79-42-54-35-24-15-25-36-54)58(77-40-52-31-20-13-21-32-52)55(84-67)43-73-38-50-27-16-11-17-28-50/h11-25,27-36,55-68H,6-10,26,37-45H2,1-5H3/t55-,56-,57-,58-,59-,60-,61+,62+,63+,64+,65+,66+,67-,68-/m1/s1. The van der Waals surface area contributed by atoms with E-state index in [1.54, 1.807) is 0 Å². The van der Waals surface area contributed by atoms with Crippen LogP contribution in [0, 0.1) is 0 Å². The van der Waals surface area contributed by atoms with Crippen molar-refractivity contribution in [1.29, 1.82) is 0 Å². The molecule has 0 radical (unpaired) electrons. The molecular weight excluding hydrogens is 1120 g/mol. The van der Waals surface area contributed by atoms with Gasteiger partial charge in [0, 0.05) is 34.3 Å². The number of benzene rings is 5. The topological polar surface area (TPSA) is 207 Å². The van der Waals surface area contributed by atoms with Crippen molar-refractivity contribution in [3.05, 3.63) is 179 Å². The lowest BCUT2D eigenvalue weighted by molar-refractivity contribution is -0.385. The highest BCUT2D eigenvalue weighted by Crippen LogP contribution is 2.39. The first-order chi connectivity index (χ1) is 42.4. The molecule has 3 heterocycles. The molecule has 0 aliphatic carbocycles. The first-order valence-corrected chi connectivity index (χ1v) is 30.2. The second-order valence-electron chi connectivity index (χ2n) is 21.8. The molecule has 3 aliphatic rings. The Labute approximate surface area is 510 Å². The van der Waals surface area contributed by atoms with E-state index in [0.717, 1.165) is 87.1 Å². The second kappa shape index (κ2) is 35.5. The van der Waals surface area contributed by atoms with Crippen LogP contribution in [-0.2, 0) is 123 Å². The number of hydrogen-bond acceptors (Lipinski definition) is 19. The minimum atomic E-state index is -1.72. The normalized spacial score (nSPS) is 26.2. The van der Waals surface area contributed by atoms with E-state index in [-0.39, 0.29) is 46.2 Å². The Morgan fingerprint density at radius 2 is 0.701 bits per heavy atom. The van der Waals surface area contributed by atoms with Crippen molar-refractivity contribution in [2.45, 2.75) is 192 Å². The van der Waals surface area contributed by atoms with Gasteiger partial charge in [0.2, 0.25) is 0 Å². The van der Waals surface area contributed by atoms with E-state index in [1.807, 2.05) is 152 Å². The van der Waals surface area contributed by atoms with Gasteiger partial charge >= 0.3 is 23.9 Å². The second-order valence-corrected chi connectivity index (χ2v) is 21.8. The van der Waals surface area contributed by atoms with E-state index in [4.69, 9.17) is 71.1 Å². The summed E-state index contributed by atoms with van der Waals surface area (Å²) in [6.45, 7) is 7.42. The maximum atomic E-state index is 13.3. The van der Waals surface area contributed by atoms with Crippen molar-refractivity contribution in [1.82, 2.24) is 0 Å². The Kier molecular flexibility index (Phi) is 27.1. The van der Waals surface area contributed by atoms with Gasteiger partial charge in [0.05, 0.1) is 46.2 Å². The molecule has 0 saturated carbocycles. The third kappa shape index (κ3) is 21.1. The number of rotatable bonds is 34. The van der Waals surface area contributed by atoms with Crippen LogP contribution in [-0.4, -0.2) is 136 Å². The fraction of sp³-hybridized carbons (Fsp3) is 0.500. The lowest BCUT2D eigenvalue weighted by Gasteiger charge is -2.50. The monoisotopic (exact) mass is 1200 g/mol. The van der Waals surface area contributed by atoms with Crippen molar-refractivity contribution in [2.24, 2.45) is 0 Å². The van der Waals surface area contributed by atoms with Crippen LogP contribution in [0.15, 0.2) is 152 Å². The van der Waals surface area contributed by atoms with E-state index >= 15 is 0 Å². The Morgan fingerprint density at radius 3 is 1.15 bits per heavy atom. The van der Waals surface area contributed by atoms with Crippen LogP contribution in [0.5, 0.6) is 0 Å². The van der Waals surface area contributed by atoms with Crippen molar-refractivity contribution >= 4 is 23.9 Å². The van der Waals surface area contributed by atoms with Gasteiger partial charge in [-0.3, -0.25) is 19.2 Å². The molecule has 3 fully saturated rings. The molecule has 19 heteroatoms. The molecule has 8 rings (SSSR count). The lowest BCUT2D eigenvalue weighted by Crippen LogP contribution is -2.67. The molecule has 14 atom stereocenters. The molecule has 5 aromatic rings. The number of hydrogen-bond donors (Lipinski definition) is 0. The van der Waals surface area contributed by atoms with Crippen LogP contribution in [0.4, 0.5) is 0 Å². The van der Waals surface area contributed by atoms with Gasteiger partial charge < -0.3 is 71.1 Å². The highest BCUT2D eigenvalue weighted by atomic mass is 16.8. The summed E-state index contributed by atoms with van der Waals surface area (Å²) in [7, 11) is 0. The first kappa shape index (κ1) is 66.5. The van der Waals surface area contributed by atoms with Crippen LogP contribution in [0.2, 0.25) is 0 Å². The maximum absolute atomic E-state index is 13.3. The number of ether oxygens (including phenoxy) is 15. The number of unbranched alkanes of at least 4 members (excludes halogenated alkanes) is 5. The molecule has 0 spiro atoms. The third-order valence-corrected chi connectivity index (χ3v) is 14.8. The van der Waals surface area contributed by atoms with Gasteiger partial charge in [-0.1, -0.05) is 191 Å². The Bertz CT molecular complexity index is 2780.